The van der Waals surface area contributed by atoms with Crippen LogP contribution in [-0.4, -0.2) is 27.8 Å². The van der Waals surface area contributed by atoms with Gasteiger partial charge in [-0.15, -0.1) is 0 Å². The Morgan fingerprint density at radius 1 is 1.13 bits per heavy atom. The molecule has 1 heterocycles. The molecule has 1 N–H and O–H groups in total. The van der Waals surface area contributed by atoms with Gasteiger partial charge < -0.3 is 9.84 Å². The zero-order valence-corrected chi connectivity index (χ0v) is 19.1. The van der Waals surface area contributed by atoms with Crippen LogP contribution in [0.5, 0.6) is 11.5 Å². The van der Waals surface area contributed by atoms with Crippen LogP contribution < -0.4 is 4.74 Å². The Morgan fingerprint density at radius 3 is 2.70 bits per heavy atom. The summed E-state index contributed by atoms with van der Waals surface area (Å²) in [5, 5.41) is 11.9. The molecule has 152 valence electrons. The second-order valence-electron chi connectivity index (χ2n) is 6.69. The zero-order valence-electron chi connectivity index (χ0n) is 16.1. The molecule has 0 atom stereocenters. The number of hydrogen-bond donors (Lipinski definition) is 1. The summed E-state index contributed by atoms with van der Waals surface area (Å²) in [5.41, 5.74) is 1.62. The number of nitrogens with zero attached hydrogens (tertiary/aromatic N) is 1. The van der Waals surface area contributed by atoms with Crippen LogP contribution in [0, 0.1) is 3.57 Å². The number of imide groups is 1. The van der Waals surface area contributed by atoms with Crippen LogP contribution >= 0.6 is 34.4 Å². The molecule has 0 saturated carbocycles. The van der Waals surface area contributed by atoms with Crippen LogP contribution in [-0.2, 0) is 11.3 Å². The molecule has 0 aromatic heterocycles. The van der Waals surface area contributed by atoms with Crippen LogP contribution in [0.25, 0.3) is 16.8 Å². The standard InChI is InChI=1S/C23H18INO4S/c1-2-29-19-11-14(10-18(24)21(19)26)12-20-22(27)25(23(28)30-20)13-16-8-5-7-15-6-3-4-9-17(15)16/h3-12,26H,2,13H2,1H3/b20-12-. The lowest BCUT2D eigenvalue weighted by Crippen LogP contribution is -2.27. The molecule has 4 rings (SSSR count). The monoisotopic (exact) mass is 531 g/mol. The average Bonchev–Trinajstić information content (AvgIpc) is 2.99. The van der Waals surface area contributed by atoms with Crippen molar-refractivity contribution in [2.24, 2.45) is 0 Å². The van der Waals surface area contributed by atoms with Gasteiger partial charge >= 0.3 is 0 Å². The molecule has 0 unspecified atom stereocenters. The summed E-state index contributed by atoms with van der Waals surface area (Å²) >= 11 is 2.93. The molecule has 3 aromatic rings. The molecule has 1 fully saturated rings. The van der Waals surface area contributed by atoms with E-state index in [-0.39, 0.29) is 23.4 Å². The van der Waals surface area contributed by atoms with Crippen molar-refractivity contribution in [1.82, 2.24) is 4.90 Å². The van der Waals surface area contributed by atoms with Gasteiger partial charge in [0, 0.05) is 0 Å². The number of carbonyl (C=O) groups is 2. The number of amides is 2. The minimum Gasteiger partial charge on any atom is -0.504 e. The van der Waals surface area contributed by atoms with Crippen molar-refractivity contribution in [2.75, 3.05) is 6.61 Å². The van der Waals surface area contributed by atoms with Crippen molar-refractivity contribution >= 4 is 62.3 Å². The zero-order chi connectivity index (χ0) is 21.3. The normalized spacial score (nSPS) is 15.4. The molecule has 0 aliphatic carbocycles. The Kier molecular flexibility index (Phi) is 6.01. The molecule has 1 aliphatic heterocycles. The second kappa shape index (κ2) is 8.69. The number of rotatable bonds is 5. The summed E-state index contributed by atoms with van der Waals surface area (Å²) < 4.78 is 6.07. The second-order valence-corrected chi connectivity index (χ2v) is 8.84. The van der Waals surface area contributed by atoms with Gasteiger partial charge in [0.2, 0.25) is 0 Å². The van der Waals surface area contributed by atoms with E-state index in [2.05, 4.69) is 0 Å². The molecule has 1 saturated heterocycles. The maximum Gasteiger partial charge on any atom is 0.293 e. The van der Waals surface area contributed by atoms with Gasteiger partial charge in [0.1, 0.15) is 0 Å². The first-order valence-corrected chi connectivity index (χ1v) is 11.2. The Labute approximate surface area is 191 Å². The van der Waals surface area contributed by atoms with Crippen molar-refractivity contribution in [3.8, 4) is 11.5 Å². The molecule has 2 amide bonds. The van der Waals surface area contributed by atoms with E-state index in [9.17, 15) is 14.7 Å². The molecule has 0 spiro atoms. The number of hydrogen-bond acceptors (Lipinski definition) is 5. The Morgan fingerprint density at radius 2 is 1.90 bits per heavy atom. The fourth-order valence-corrected chi connectivity index (χ4v) is 4.79. The highest BCUT2D eigenvalue weighted by Gasteiger charge is 2.35. The molecule has 3 aromatic carbocycles. The number of phenolic OH excluding ortho intramolecular Hbond substituents is 1. The first-order chi connectivity index (χ1) is 14.5. The van der Waals surface area contributed by atoms with E-state index in [1.54, 1.807) is 18.2 Å². The number of halogens is 1. The number of benzene rings is 3. The number of thioether (sulfide) groups is 1. The molecule has 30 heavy (non-hydrogen) atoms. The highest BCUT2D eigenvalue weighted by Crippen LogP contribution is 2.37. The van der Waals surface area contributed by atoms with Gasteiger partial charge in [-0.05, 0) is 81.4 Å². The van der Waals surface area contributed by atoms with E-state index in [4.69, 9.17) is 4.74 Å². The molecular formula is C23H18INO4S. The van der Waals surface area contributed by atoms with Crippen molar-refractivity contribution in [3.05, 3.63) is 74.2 Å². The Bertz CT molecular complexity index is 1190. The maximum atomic E-state index is 13.0. The van der Waals surface area contributed by atoms with Crippen LogP contribution in [0.4, 0.5) is 4.79 Å². The van der Waals surface area contributed by atoms with Crippen molar-refractivity contribution in [1.29, 1.82) is 0 Å². The van der Waals surface area contributed by atoms with Crippen molar-refractivity contribution in [2.45, 2.75) is 13.5 Å². The number of aromatic hydroxyl groups is 1. The number of fused-ring (bicyclic) bond motifs is 1. The smallest absolute Gasteiger partial charge is 0.293 e. The summed E-state index contributed by atoms with van der Waals surface area (Å²) in [6.07, 6.45) is 1.66. The highest BCUT2D eigenvalue weighted by molar-refractivity contribution is 14.1. The lowest BCUT2D eigenvalue weighted by molar-refractivity contribution is -0.123. The molecule has 5 nitrogen and oxygen atoms in total. The van der Waals surface area contributed by atoms with Gasteiger partial charge in [-0.25, -0.2) is 0 Å². The molecular weight excluding hydrogens is 513 g/mol. The van der Waals surface area contributed by atoms with Gasteiger partial charge in [-0.3, -0.25) is 14.5 Å². The highest BCUT2D eigenvalue weighted by atomic mass is 127. The van der Waals surface area contributed by atoms with E-state index in [0.717, 1.165) is 28.1 Å². The minimum absolute atomic E-state index is 0.0682. The minimum atomic E-state index is -0.320. The molecule has 7 heteroatoms. The SMILES string of the molecule is CCOc1cc(/C=C2\SC(=O)N(Cc3cccc4ccccc34)C2=O)cc(I)c1O. The van der Waals surface area contributed by atoms with E-state index in [0.29, 0.717) is 26.4 Å². The van der Waals surface area contributed by atoms with Crippen molar-refractivity contribution in [3.63, 3.8) is 0 Å². The Balaban J connectivity index is 1.63. The van der Waals surface area contributed by atoms with Crippen LogP contribution in [0.1, 0.15) is 18.1 Å². The van der Waals surface area contributed by atoms with E-state index >= 15 is 0 Å². The predicted octanol–water partition coefficient (Wildman–Crippen LogP) is 5.79. The number of carbonyl (C=O) groups excluding carboxylic acids is 2. The third-order valence-electron chi connectivity index (χ3n) is 4.73. The average molecular weight is 531 g/mol. The lowest BCUT2D eigenvalue weighted by atomic mass is 10.0. The van der Waals surface area contributed by atoms with Gasteiger partial charge in [-0.1, -0.05) is 42.5 Å². The fourth-order valence-electron chi connectivity index (χ4n) is 3.33. The van der Waals surface area contributed by atoms with Crippen molar-refractivity contribution < 1.29 is 19.4 Å². The quantitative estimate of drug-likeness (QED) is 0.334. The third kappa shape index (κ3) is 4.04. The van der Waals surface area contributed by atoms with Crippen LogP contribution in [0.15, 0.2) is 59.5 Å². The van der Waals surface area contributed by atoms with Gasteiger partial charge in [0.25, 0.3) is 11.1 Å². The van der Waals surface area contributed by atoms with Crippen LogP contribution in [0.2, 0.25) is 0 Å². The largest absolute Gasteiger partial charge is 0.504 e. The summed E-state index contributed by atoms with van der Waals surface area (Å²) in [6.45, 7) is 2.47. The maximum absolute atomic E-state index is 13.0. The molecule has 0 radical (unpaired) electrons. The fraction of sp³-hybridized carbons (Fsp3) is 0.130. The van der Waals surface area contributed by atoms with Crippen LogP contribution in [0.3, 0.4) is 0 Å². The summed E-state index contributed by atoms with van der Waals surface area (Å²) in [6, 6.07) is 17.2. The Hall–Kier alpha value is -2.52. The molecule has 0 bridgehead atoms. The van der Waals surface area contributed by atoms with E-state index in [1.807, 2.05) is 72.0 Å². The summed E-state index contributed by atoms with van der Waals surface area (Å²) in [7, 11) is 0. The topological polar surface area (TPSA) is 66.8 Å². The lowest BCUT2D eigenvalue weighted by Gasteiger charge is -2.14. The first kappa shape index (κ1) is 20.7. The van der Waals surface area contributed by atoms with Gasteiger partial charge in [0.15, 0.2) is 11.5 Å². The number of phenols is 1. The molecule has 1 aliphatic rings. The van der Waals surface area contributed by atoms with Gasteiger partial charge in [-0.2, -0.15) is 0 Å². The summed E-state index contributed by atoms with van der Waals surface area (Å²) in [5.74, 6) is 0.100. The van der Waals surface area contributed by atoms with E-state index in [1.165, 1.54) is 4.90 Å². The number of ether oxygens (including phenoxy) is 1. The predicted molar refractivity (Wildman–Crippen MR) is 127 cm³/mol. The third-order valence-corrected chi connectivity index (χ3v) is 6.46. The van der Waals surface area contributed by atoms with Gasteiger partial charge in [0.05, 0.1) is 21.6 Å². The van der Waals surface area contributed by atoms with E-state index < -0.39 is 0 Å². The first-order valence-electron chi connectivity index (χ1n) is 9.35. The summed E-state index contributed by atoms with van der Waals surface area (Å²) in [4.78, 5) is 27.2.